The normalized spacial score (nSPS) is 20.6. The number of nitrogens with zero attached hydrogens (tertiary/aromatic N) is 5. The lowest BCUT2D eigenvalue weighted by Crippen LogP contribution is -2.70. The van der Waals surface area contributed by atoms with Gasteiger partial charge in [0.1, 0.15) is 17.5 Å². The van der Waals surface area contributed by atoms with Crippen molar-refractivity contribution in [3.05, 3.63) is 17.2 Å². The Morgan fingerprint density at radius 1 is 1.41 bits per heavy atom. The second-order valence-corrected chi connectivity index (χ2v) is 7.95. The van der Waals surface area contributed by atoms with Crippen molar-refractivity contribution in [2.45, 2.75) is 30.0 Å². The lowest BCUT2D eigenvalue weighted by atomic mass is 10.0. The van der Waals surface area contributed by atoms with Crippen molar-refractivity contribution in [2.75, 3.05) is 11.5 Å². The fourth-order valence-corrected chi connectivity index (χ4v) is 5.16. The number of β-lactam (4-membered cyclic amide) rings is 1. The molecule has 2 amide bonds. The maximum atomic E-state index is 12.5. The molecule has 1 unspecified atom stereocenters. The lowest BCUT2D eigenvalue weighted by molar-refractivity contribution is -0.156. The van der Waals surface area contributed by atoms with Crippen LogP contribution in [0.5, 0.6) is 0 Å². The summed E-state index contributed by atoms with van der Waals surface area (Å²) in [5.41, 5.74) is 0.231. The molecule has 12 nitrogen and oxygen atoms in total. The minimum atomic E-state index is -1.30. The first-order valence-electron chi connectivity index (χ1n) is 8.01. The SMILES string of the molecule is CC(=O)N(C#N)C1C(=O)N2C(C(=O)O)=C(CSc3nnc(CC(=O)O)o3)CS[C@@H]12. The number of thioether (sulfide) groups is 2. The van der Waals surface area contributed by atoms with Gasteiger partial charge in [-0.15, -0.1) is 22.0 Å². The molecule has 2 N–H and O–H groups in total. The molecular formula is C15H13N5O7S2. The van der Waals surface area contributed by atoms with Crippen LogP contribution in [0.1, 0.15) is 12.8 Å². The van der Waals surface area contributed by atoms with E-state index < -0.39 is 41.6 Å². The van der Waals surface area contributed by atoms with Crippen LogP contribution in [0.15, 0.2) is 20.9 Å². The molecule has 1 aromatic rings. The molecule has 1 aromatic heterocycles. The van der Waals surface area contributed by atoms with Crippen molar-refractivity contribution in [1.29, 1.82) is 5.26 Å². The largest absolute Gasteiger partial charge is 0.481 e. The van der Waals surface area contributed by atoms with Crippen LogP contribution in [-0.2, 0) is 25.6 Å². The van der Waals surface area contributed by atoms with Gasteiger partial charge < -0.3 is 14.6 Å². The van der Waals surface area contributed by atoms with Gasteiger partial charge in [-0.1, -0.05) is 11.8 Å². The number of nitriles is 1. The van der Waals surface area contributed by atoms with Gasteiger partial charge >= 0.3 is 11.9 Å². The minimum absolute atomic E-state index is 0.0747. The van der Waals surface area contributed by atoms with E-state index in [1.54, 1.807) is 6.19 Å². The molecule has 3 rings (SSSR count). The van der Waals surface area contributed by atoms with E-state index in [1.165, 1.54) is 11.8 Å². The molecule has 0 spiro atoms. The zero-order valence-corrected chi connectivity index (χ0v) is 16.4. The lowest BCUT2D eigenvalue weighted by Gasteiger charge is -2.50. The molecule has 1 fully saturated rings. The highest BCUT2D eigenvalue weighted by molar-refractivity contribution is 8.01. The van der Waals surface area contributed by atoms with Gasteiger partial charge in [-0.05, 0) is 5.57 Å². The third-order valence-electron chi connectivity index (χ3n) is 4.07. The molecule has 0 aliphatic carbocycles. The average Bonchev–Trinajstić information content (AvgIpc) is 3.09. The van der Waals surface area contributed by atoms with E-state index in [9.17, 15) is 24.3 Å². The van der Waals surface area contributed by atoms with Crippen LogP contribution in [0.4, 0.5) is 0 Å². The molecule has 0 saturated carbocycles. The van der Waals surface area contributed by atoms with E-state index in [-0.39, 0.29) is 28.3 Å². The summed E-state index contributed by atoms with van der Waals surface area (Å²) in [5, 5.41) is 34.1. The van der Waals surface area contributed by atoms with E-state index in [4.69, 9.17) is 14.8 Å². The van der Waals surface area contributed by atoms with Crippen LogP contribution in [0, 0.1) is 11.5 Å². The fraction of sp³-hybridized carbons (Fsp3) is 0.400. The highest BCUT2D eigenvalue weighted by Crippen LogP contribution is 2.43. The first kappa shape index (κ1) is 20.7. The van der Waals surface area contributed by atoms with Gasteiger partial charge in [0.25, 0.3) is 11.1 Å². The van der Waals surface area contributed by atoms with Gasteiger partial charge in [0.2, 0.25) is 11.8 Å². The van der Waals surface area contributed by atoms with Gasteiger partial charge in [0.05, 0.1) is 0 Å². The highest BCUT2D eigenvalue weighted by atomic mass is 32.2. The second-order valence-electron chi connectivity index (χ2n) is 5.92. The minimum Gasteiger partial charge on any atom is -0.481 e. The van der Waals surface area contributed by atoms with Crippen molar-refractivity contribution >= 4 is 47.3 Å². The number of aliphatic carboxylic acids is 2. The Morgan fingerprint density at radius 3 is 2.72 bits per heavy atom. The Bertz CT molecular complexity index is 969. The predicted molar refractivity (Wildman–Crippen MR) is 96.0 cm³/mol. The molecule has 2 aliphatic heterocycles. The molecule has 29 heavy (non-hydrogen) atoms. The van der Waals surface area contributed by atoms with Crippen molar-refractivity contribution in [2.24, 2.45) is 0 Å². The summed E-state index contributed by atoms with van der Waals surface area (Å²) in [6.07, 6.45) is 1.24. The molecule has 1 saturated heterocycles. The number of carboxylic acid groups (broad SMARTS) is 2. The van der Waals surface area contributed by atoms with E-state index in [0.717, 1.165) is 28.5 Å². The van der Waals surface area contributed by atoms with Crippen molar-refractivity contribution in [3.63, 3.8) is 0 Å². The maximum Gasteiger partial charge on any atom is 0.352 e. The summed E-state index contributed by atoms with van der Waals surface area (Å²) in [4.78, 5) is 48.3. The summed E-state index contributed by atoms with van der Waals surface area (Å²) >= 11 is 2.26. The molecule has 152 valence electrons. The quantitative estimate of drug-likeness (QED) is 0.246. The Labute approximate surface area is 171 Å². The molecule has 14 heteroatoms. The number of aromatic nitrogens is 2. The molecule has 0 radical (unpaired) electrons. The van der Waals surface area contributed by atoms with Gasteiger partial charge in [-0.25, -0.2) is 9.69 Å². The first-order valence-corrected chi connectivity index (χ1v) is 10.0. The monoisotopic (exact) mass is 439 g/mol. The molecule has 0 aromatic carbocycles. The molecule has 2 aliphatic rings. The molecule has 0 bridgehead atoms. The number of carboxylic acids is 2. The standard InChI is InChI=1S/C15H13N5O7S2/c1-6(21)19(5-16)11-12(24)20-10(14(25)26)7(3-28-13(11)20)4-29-15-18-17-8(27-15)2-9(22)23/h11,13H,2-4H2,1H3,(H,22,23)(H,25,26)/t11?,13-/m0/s1. The fourth-order valence-electron chi connectivity index (χ4n) is 2.85. The summed E-state index contributed by atoms with van der Waals surface area (Å²) in [5.74, 6) is -3.36. The number of fused-ring (bicyclic) bond motifs is 1. The van der Waals surface area contributed by atoms with Crippen LogP contribution >= 0.6 is 23.5 Å². The predicted octanol–water partition coefficient (Wildman–Crippen LogP) is -0.259. The second kappa shape index (κ2) is 8.13. The average molecular weight is 439 g/mol. The Morgan fingerprint density at radius 2 is 2.14 bits per heavy atom. The van der Waals surface area contributed by atoms with Crippen LogP contribution < -0.4 is 0 Å². The van der Waals surface area contributed by atoms with Gasteiger partial charge in [-0.2, -0.15) is 5.26 Å². The molecular weight excluding hydrogens is 426 g/mol. The summed E-state index contributed by atoms with van der Waals surface area (Å²) < 4.78 is 5.18. The van der Waals surface area contributed by atoms with Crippen LogP contribution in [-0.4, -0.2) is 76.9 Å². The topological polar surface area (TPSA) is 178 Å². The zero-order valence-electron chi connectivity index (χ0n) is 14.8. The third kappa shape index (κ3) is 3.91. The summed E-state index contributed by atoms with van der Waals surface area (Å²) in [6.45, 7) is 1.16. The Hall–Kier alpha value is -3.05. The van der Waals surface area contributed by atoms with Crippen LogP contribution in [0.3, 0.4) is 0 Å². The van der Waals surface area contributed by atoms with Gasteiger partial charge in [0, 0.05) is 18.4 Å². The number of carbonyl (C=O) groups is 4. The van der Waals surface area contributed by atoms with E-state index >= 15 is 0 Å². The smallest absolute Gasteiger partial charge is 0.352 e. The first-order chi connectivity index (χ1) is 13.7. The van der Waals surface area contributed by atoms with Crippen molar-refractivity contribution in [1.82, 2.24) is 20.0 Å². The van der Waals surface area contributed by atoms with Crippen LogP contribution in [0.25, 0.3) is 0 Å². The van der Waals surface area contributed by atoms with Crippen LogP contribution in [0.2, 0.25) is 0 Å². The van der Waals surface area contributed by atoms with Gasteiger partial charge in [-0.3, -0.25) is 19.3 Å². The number of hydrogen-bond acceptors (Lipinski definition) is 10. The highest BCUT2D eigenvalue weighted by Gasteiger charge is 2.57. The molecule has 2 atom stereocenters. The van der Waals surface area contributed by atoms with E-state index in [2.05, 4.69) is 10.2 Å². The van der Waals surface area contributed by atoms with E-state index in [0.29, 0.717) is 5.57 Å². The van der Waals surface area contributed by atoms with Gasteiger partial charge in [0.15, 0.2) is 12.2 Å². The Kier molecular flexibility index (Phi) is 5.80. The maximum absolute atomic E-state index is 12.5. The third-order valence-corrected chi connectivity index (χ3v) is 6.30. The summed E-state index contributed by atoms with van der Waals surface area (Å²) in [7, 11) is 0. The van der Waals surface area contributed by atoms with Crippen molar-refractivity contribution in [3.8, 4) is 6.19 Å². The Balaban J connectivity index is 1.77. The zero-order chi connectivity index (χ0) is 21.3. The number of hydrogen-bond donors (Lipinski definition) is 2. The number of amides is 2. The van der Waals surface area contributed by atoms with Crippen molar-refractivity contribution < 1.29 is 33.8 Å². The number of rotatable bonds is 7. The number of carbonyl (C=O) groups excluding carboxylic acids is 2. The van der Waals surface area contributed by atoms with E-state index in [1.807, 2.05) is 0 Å². The summed E-state index contributed by atoms with van der Waals surface area (Å²) in [6, 6.07) is -1.03. The molecule has 3 heterocycles.